The van der Waals surface area contributed by atoms with Crippen molar-refractivity contribution in [2.45, 2.75) is 63.3 Å². The zero-order valence-corrected chi connectivity index (χ0v) is 20.0. The Morgan fingerprint density at radius 2 is 1.86 bits per heavy atom. The summed E-state index contributed by atoms with van der Waals surface area (Å²) in [5, 5.41) is 5.78. The molecule has 1 saturated carbocycles. The quantitative estimate of drug-likeness (QED) is 0.552. The molecule has 4 rings (SSSR count). The van der Waals surface area contributed by atoms with Gasteiger partial charge in [-0.25, -0.2) is 13.8 Å². The highest BCUT2D eigenvalue weighted by molar-refractivity contribution is 5.99. The van der Waals surface area contributed by atoms with E-state index in [1.54, 1.807) is 0 Å². The molecule has 0 bridgehead atoms. The van der Waals surface area contributed by atoms with Gasteiger partial charge in [-0.1, -0.05) is 0 Å². The highest BCUT2D eigenvalue weighted by Gasteiger charge is 2.53. The van der Waals surface area contributed by atoms with E-state index in [0.29, 0.717) is 0 Å². The van der Waals surface area contributed by atoms with Crippen LogP contribution in [0.2, 0.25) is 0 Å². The first kappa shape index (κ1) is 26.1. The lowest BCUT2D eigenvalue weighted by Crippen LogP contribution is -2.39. The van der Waals surface area contributed by atoms with E-state index in [9.17, 15) is 31.5 Å². The summed E-state index contributed by atoms with van der Waals surface area (Å²) in [6.07, 6.45) is -4.52. The molecule has 1 aliphatic heterocycles. The van der Waals surface area contributed by atoms with Crippen LogP contribution in [0.25, 0.3) is 0 Å². The maximum absolute atomic E-state index is 13.7. The average Bonchev–Trinajstić information content (AvgIpc) is 3.60. The van der Waals surface area contributed by atoms with Crippen molar-refractivity contribution in [3.63, 3.8) is 0 Å². The molecule has 0 atom stereocenters. The third-order valence-corrected chi connectivity index (χ3v) is 6.78. The number of aryl methyl sites for hydroxylation is 1. The number of likely N-dealkylation sites (tertiary alicyclic amines) is 1. The number of carbonyl (C=O) groups is 1. The summed E-state index contributed by atoms with van der Waals surface area (Å²) in [6.45, 7) is 2.80. The molecule has 0 aromatic carbocycles. The normalized spacial score (nSPS) is 18.3. The molecule has 2 N–H and O–H groups in total. The summed E-state index contributed by atoms with van der Waals surface area (Å²) in [6, 6.07) is 3.41. The number of nitrogens with zero attached hydrogens (tertiary/aromatic N) is 3. The van der Waals surface area contributed by atoms with Crippen molar-refractivity contribution in [2.75, 3.05) is 25.5 Å². The zero-order valence-electron chi connectivity index (χ0n) is 20.0. The second-order valence-corrected chi connectivity index (χ2v) is 9.62. The van der Waals surface area contributed by atoms with Gasteiger partial charge in [-0.15, -0.1) is 0 Å². The number of hydrogen-bond donors (Lipinski definition) is 2. The number of piperidine rings is 1. The van der Waals surface area contributed by atoms with E-state index in [0.717, 1.165) is 48.8 Å². The molecule has 1 amide bonds. The van der Waals surface area contributed by atoms with E-state index in [4.69, 9.17) is 0 Å². The fourth-order valence-electron chi connectivity index (χ4n) is 4.51. The predicted molar refractivity (Wildman–Crippen MR) is 123 cm³/mol. The van der Waals surface area contributed by atoms with Crippen LogP contribution >= 0.6 is 0 Å². The smallest absolute Gasteiger partial charge is 0.381 e. The number of anilines is 1. The minimum absolute atomic E-state index is 0.0118. The molecule has 0 radical (unpaired) electrons. The Hall–Kier alpha value is -3.02. The average molecular weight is 514 g/mol. The fraction of sp³-hybridized carbons (Fsp3) is 0.542. The van der Waals surface area contributed by atoms with Crippen molar-refractivity contribution in [2.24, 2.45) is 0 Å². The molecule has 1 saturated heterocycles. The number of carbonyl (C=O) groups excluding carboxylic acids is 1. The molecular formula is C24H28F5N5O2. The van der Waals surface area contributed by atoms with Crippen molar-refractivity contribution < 1.29 is 26.7 Å². The number of rotatable bonds is 7. The lowest BCUT2D eigenvalue weighted by molar-refractivity contribution is -0.141. The van der Waals surface area contributed by atoms with Crippen LogP contribution in [0.3, 0.4) is 0 Å². The van der Waals surface area contributed by atoms with E-state index < -0.39 is 35.3 Å². The van der Waals surface area contributed by atoms with Crippen molar-refractivity contribution in [1.82, 2.24) is 19.8 Å². The molecule has 0 unspecified atom stereocenters. The molecule has 2 aromatic rings. The van der Waals surface area contributed by atoms with Gasteiger partial charge in [-0.05, 0) is 70.4 Å². The van der Waals surface area contributed by atoms with Gasteiger partial charge in [0.2, 0.25) is 0 Å². The second kappa shape index (κ2) is 9.79. The van der Waals surface area contributed by atoms with Crippen LogP contribution in [0.1, 0.15) is 53.0 Å². The van der Waals surface area contributed by atoms with Gasteiger partial charge in [-0.2, -0.15) is 13.2 Å². The molecule has 2 aliphatic rings. The molecule has 2 aromatic heterocycles. The maximum atomic E-state index is 13.7. The predicted octanol–water partition coefficient (Wildman–Crippen LogP) is 3.76. The van der Waals surface area contributed by atoms with E-state index in [-0.39, 0.29) is 47.9 Å². The zero-order chi connectivity index (χ0) is 26.3. The van der Waals surface area contributed by atoms with Crippen LogP contribution in [-0.4, -0.2) is 53.0 Å². The standard InChI is InChI=1S/C24H28F5N5O2/c1-14-9-15(10-19(31-14)24(27,28)29)12-30-21(36)17-13-34(23(5-6-23)22(25)26)20(35)11-18(17)32-16-3-7-33(2)8-4-16/h9-11,13,16,22,32H,3-8,12H2,1-2H3,(H,30,36). The minimum atomic E-state index is -4.64. The van der Waals surface area contributed by atoms with Gasteiger partial charge in [0.25, 0.3) is 17.9 Å². The Kier molecular flexibility index (Phi) is 7.09. The summed E-state index contributed by atoms with van der Waals surface area (Å²) >= 11 is 0. The topological polar surface area (TPSA) is 79.3 Å². The first-order valence-electron chi connectivity index (χ1n) is 11.7. The van der Waals surface area contributed by atoms with Crippen LogP contribution in [0.15, 0.2) is 29.2 Å². The molecule has 2 fully saturated rings. The minimum Gasteiger partial charge on any atom is -0.381 e. The van der Waals surface area contributed by atoms with Crippen LogP contribution in [0.5, 0.6) is 0 Å². The van der Waals surface area contributed by atoms with Crippen molar-refractivity contribution in [1.29, 1.82) is 0 Å². The molecular weight excluding hydrogens is 485 g/mol. The number of halogens is 5. The lowest BCUT2D eigenvalue weighted by Gasteiger charge is -2.31. The summed E-state index contributed by atoms with van der Waals surface area (Å²) in [4.78, 5) is 31.6. The molecule has 1 aliphatic carbocycles. The van der Waals surface area contributed by atoms with Crippen LogP contribution in [0.4, 0.5) is 27.6 Å². The van der Waals surface area contributed by atoms with Gasteiger partial charge in [0.1, 0.15) is 11.2 Å². The highest BCUT2D eigenvalue weighted by Crippen LogP contribution is 2.48. The lowest BCUT2D eigenvalue weighted by atomic mass is 10.0. The third-order valence-electron chi connectivity index (χ3n) is 6.78. The van der Waals surface area contributed by atoms with Crippen molar-refractivity contribution in [3.05, 3.63) is 57.3 Å². The van der Waals surface area contributed by atoms with Gasteiger partial charge < -0.3 is 20.1 Å². The molecule has 0 spiro atoms. The third kappa shape index (κ3) is 5.53. The molecule has 12 heteroatoms. The molecule has 3 heterocycles. The number of aromatic nitrogens is 2. The first-order chi connectivity index (χ1) is 16.9. The Morgan fingerprint density at radius 1 is 1.19 bits per heavy atom. The summed E-state index contributed by atoms with van der Waals surface area (Å²) in [5.74, 6) is -0.688. The number of pyridine rings is 2. The monoisotopic (exact) mass is 513 g/mol. The highest BCUT2D eigenvalue weighted by atomic mass is 19.4. The van der Waals surface area contributed by atoms with E-state index in [1.165, 1.54) is 13.0 Å². The Balaban J connectivity index is 1.62. The molecule has 196 valence electrons. The van der Waals surface area contributed by atoms with Gasteiger partial charge in [0, 0.05) is 30.5 Å². The van der Waals surface area contributed by atoms with E-state index >= 15 is 0 Å². The Morgan fingerprint density at radius 3 is 2.44 bits per heavy atom. The van der Waals surface area contributed by atoms with Gasteiger partial charge in [0.15, 0.2) is 0 Å². The Labute approximate surface area is 204 Å². The summed E-state index contributed by atoms with van der Waals surface area (Å²) < 4.78 is 67.8. The number of amides is 1. The van der Waals surface area contributed by atoms with Crippen molar-refractivity contribution >= 4 is 11.6 Å². The fourth-order valence-corrected chi connectivity index (χ4v) is 4.51. The first-order valence-corrected chi connectivity index (χ1v) is 11.7. The number of nitrogens with one attached hydrogen (secondary N) is 2. The SMILES string of the molecule is Cc1cc(CNC(=O)c2cn(C3(C(F)F)CC3)c(=O)cc2NC2CCN(C)CC2)cc(C(F)(F)F)n1. The largest absolute Gasteiger partial charge is 0.433 e. The number of hydrogen-bond acceptors (Lipinski definition) is 5. The Bertz CT molecular complexity index is 1180. The summed E-state index contributed by atoms with van der Waals surface area (Å²) in [7, 11) is 1.99. The second-order valence-electron chi connectivity index (χ2n) is 9.62. The maximum Gasteiger partial charge on any atom is 0.433 e. The van der Waals surface area contributed by atoms with Crippen LogP contribution < -0.4 is 16.2 Å². The van der Waals surface area contributed by atoms with Crippen LogP contribution in [-0.2, 0) is 18.3 Å². The summed E-state index contributed by atoms with van der Waals surface area (Å²) in [5.41, 5.74) is -2.82. The van der Waals surface area contributed by atoms with E-state index in [1.807, 2.05) is 7.05 Å². The van der Waals surface area contributed by atoms with Crippen LogP contribution in [0, 0.1) is 6.92 Å². The van der Waals surface area contributed by atoms with Gasteiger partial charge in [0.05, 0.1) is 11.3 Å². The van der Waals surface area contributed by atoms with Crippen molar-refractivity contribution in [3.8, 4) is 0 Å². The van der Waals surface area contributed by atoms with E-state index in [2.05, 4.69) is 20.5 Å². The van der Waals surface area contributed by atoms with Gasteiger partial charge in [-0.3, -0.25) is 9.59 Å². The molecule has 7 nitrogen and oxygen atoms in total. The number of alkyl halides is 5. The molecule has 36 heavy (non-hydrogen) atoms. The van der Waals surface area contributed by atoms with Gasteiger partial charge >= 0.3 is 6.18 Å².